The van der Waals surface area contributed by atoms with E-state index in [0.29, 0.717) is 5.69 Å². The number of alkyl halides is 3. The van der Waals surface area contributed by atoms with Gasteiger partial charge in [0, 0.05) is 17.4 Å². The Bertz CT molecular complexity index is 965. The lowest BCUT2D eigenvalue weighted by Gasteiger charge is -2.35. The molecule has 4 nitrogen and oxygen atoms in total. The SMILES string of the molecule is Cc1cc(C(F)(F)F)cc(N2[C@@H]3CC[C@@H](C3)[C@H]2C(=O)Nc2ccc(F)c(Cl)c2)n1. The molecule has 1 N–H and O–H groups in total. The fourth-order valence-corrected chi connectivity index (χ4v) is 4.57. The third-order valence-corrected chi connectivity index (χ3v) is 5.86. The van der Waals surface area contributed by atoms with Gasteiger partial charge < -0.3 is 10.2 Å². The van der Waals surface area contributed by atoms with Gasteiger partial charge in [-0.05, 0) is 62.4 Å². The van der Waals surface area contributed by atoms with E-state index in [-0.39, 0.29) is 34.4 Å². The van der Waals surface area contributed by atoms with Gasteiger partial charge in [-0.25, -0.2) is 9.37 Å². The predicted molar refractivity (Wildman–Crippen MR) is 101 cm³/mol. The first-order valence-electron chi connectivity index (χ1n) is 9.23. The van der Waals surface area contributed by atoms with Gasteiger partial charge >= 0.3 is 6.18 Å². The van der Waals surface area contributed by atoms with Crippen LogP contribution in [-0.2, 0) is 11.0 Å². The smallest absolute Gasteiger partial charge is 0.341 e. The number of rotatable bonds is 3. The van der Waals surface area contributed by atoms with Gasteiger partial charge in [0.15, 0.2) is 0 Å². The summed E-state index contributed by atoms with van der Waals surface area (Å²) in [6, 6.07) is 5.16. The number of halogens is 5. The number of fused-ring (bicyclic) bond motifs is 2. The number of hydrogen-bond donors (Lipinski definition) is 1. The summed E-state index contributed by atoms with van der Waals surface area (Å²) in [5, 5.41) is 2.59. The molecule has 0 spiro atoms. The summed E-state index contributed by atoms with van der Waals surface area (Å²) in [5.41, 5.74) is -0.216. The van der Waals surface area contributed by atoms with E-state index < -0.39 is 23.6 Å². The molecule has 1 aliphatic heterocycles. The average Bonchev–Trinajstić information content (AvgIpc) is 3.25. The number of amides is 1. The molecule has 2 bridgehead atoms. The maximum absolute atomic E-state index is 13.4. The molecule has 2 aliphatic rings. The first-order chi connectivity index (χ1) is 13.6. The van der Waals surface area contributed by atoms with Crippen molar-refractivity contribution in [2.45, 2.75) is 44.4 Å². The largest absolute Gasteiger partial charge is 0.416 e. The minimum Gasteiger partial charge on any atom is -0.341 e. The van der Waals surface area contributed by atoms with Gasteiger partial charge in [0.2, 0.25) is 5.91 Å². The lowest BCUT2D eigenvalue weighted by Crippen LogP contribution is -2.48. The minimum atomic E-state index is -4.50. The summed E-state index contributed by atoms with van der Waals surface area (Å²) in [5.74, 6) is -0.791. The van der Waals surface area contributed by atoms with Crippen LogP contribution in [-0.4, -0.2) is 23.0 Å². The summed E-state index contributed by atoms with van der Waals surface area (Å²) in [6.07, 6.45) is -2.15. The molecule has 1 saturated heterocycles. The molecule has 1 aromatic heterocycles. The zero-order valence-corrected chi connectivity index (χ0v) is 16.2. The molecule has 1 saturated carbocycles. The number of aromatic nitrogens is 1. The topological polar surface area (TPSA) is 45.2 Å². The molecule has 0 radical (unpaired) electrons. The maximum atomic E-state index is 13.4. The number of aryl methyl sites for hydroxylation is 1. The van der Waals surface area contributed by atoms with Crippen molar-refractivity contribution in [3.05, 3.63) is 52.4 Å². The van der Waals surface area contributed by atoms with Gasteiger partial charge in [0.05, 0.1) is 10.6 Å². The molecule has 4 rings (SSSR count). The quantitative estimate of drug-likeness (QED) is 0.685. The fraction of sp³-hybridized carbons (Fsp3) is 0.400. The van der Waals surface area contributed by atoms with Crippen LogP contribution in [0.4, 0.5) is 29.1 Å². The van der Waals surface area contributed by atoms with E-state index in [4.69, 9.17) is 11.6 Å². The summed E-state index contributed by atoms with van der Waals surface area (Å²) in [7, 11) is 0. The van der Waals surface area contributed by atoms with Gasteiger partial charge in [-0.3, -0.25) is 4.79 Å². The highest BCUT2D eigenvalue weighted by atomic mass is 35.5. The van der Waals surface area contributed by atoms with Crippen LogP contribution < -0.4 is 10.2 Å². The molecule has 9 heteroatoms. The number of nitrogens with zero attached hydrogens (tertiary/aromatic N) is 2. The molecule has 2 aromatic rings. The van der Waals surface area contributed by atoms with Gasteiger partial charge in [-0.2, -0.15) is 13.2 Å². The lowest BCUT2D eigenvalue weighted by atomic mass is 9.97. The number of carbonyl (C=O) groups excluding carboxylic acids is 1. The Morgan fingerprint density at radius 3 is 2.69 bits per heavy atom. The minimum absolute atomic E-state index is 0.0209. The van der Waals surface area contributed by atoms with Crippen molar-refractivity contribution in [1.82, 2.24) is 4.98 Å². The van der Waals surface area contributed by atoms with E-state index in [9.17, 15) is 22.4 Å². The molecule has 29 heavy (non-hydrogen) atoms. The maximum Gasteiger partial charge on any atom is 0.416 e. The van der Waals surface area contributed by atoms with E-state index in [1.807, 2.05) is 0 Å². The van der Waals surface area contributed by atoms with Crippen molar-refractivity contribution in [2.75, 3.05) is 10.2 Å². The number of benzene rings is 1. The van der Waals surface area contributed by atoms with Gasteiger partial charge in [0.1, 0.15) is 17.7 Å². The Balaban J connectivity index is 1.65. The highest BCUT2D eigenvalue weighted by Gasteiger charge is 2.50. The third-order valence-electron chi connectivity index (χ3n) is 5.57. The lowest BCUT2D eigenvalue weighted by molar-refractivity contribution is -0.137. The summed E-state index contributed by atoms with van der Waals surface area (Å²) < 4.78 is 53.2. The first kappa shape index (κ1) is 19.9. The highest BCUT2D eigenvalue weighted by molar-refractivity contribution is 6.31. The molecule has 1 amide bonds. The Labute approximate surface area is 169 Å². The molecular weight excluding hydrogens is 410 g/mol. The van der Waals surface area contributed by atoms with Crippen LogP contribution >= 0.6 is 11.6 Å². The Morgan fingerprint density at radius 1 is 1.24 bits per heavy atom. The van der Waals surface area contributed by atoms with Crippen molar-refractivity contribution in [1.29, 1.82) is 0 Å². The summed E-state index contributed by atoms with van der Waals surface area (Å²) in [6.45, 7) is 1.50. The molecule has 2 fully saturated rings. The number of anilines is 2. The van der Waals surface area contributed by atoms with Crippen molar-refractivity contribution in [3.63, 3.8) is 0 Å². The van der Waals surface area contributed by atoms with Crippen molar-refractivity contribution in [2.24, 2.45) is 5.92 Å². The monoisotopic (exact) mass is 427 g/mol. The summed E-state index contributed by atoms with van der Waals surface area (Å²) in [4.78, 5) is 19.0. The van der Waals surface area contributed by atoms with E-state index >= 15 is 0 Å². The van der Waals surface area contributed by atoms with Crippen molar-refractivity contribution >= 4 is 29.0 Å². The van der Waals surface area contributed by atoms with Gasteiger partial charge in [-0.1, -0.05) is 11.6 Å². The molecule has 154 valence electrons. The van der Waals surface area contributed by atoms with Gasteiger partial charge in [-0.15, -0.1) is 0 Å². The summed E-state index contributed by atoms with van der Waals surface area (Å²) >= 11 is 5.77. The number of nitrogens with one attached hydrogen (secondary N) is 1. The highest BCUT2D eigenvalue weighted by Crippen LogP contribution is 2.45. The van der Waals surface area contributed by atoms with Crippen molar-refractivity contribution in [3.8, 4) is 0 Å². The molecule has 3 atom stereocenters. The third kappa shape index (κ3) is 3.77. The molecule has 1 aromatic carbocycles. The van der Waals surface area contributed by atoms with Gasteiger partial charge in [0.25, 0.3) is 0 Å². The molecule has 0 unspecified atom stereocenters. The fourth-order valence-electron chi connectivity index (χ4n) is 4.39. The van der Waals surface area contributed by atoms with Crippen molar-refractivity contribution < 1.29 is 22.4 Å². The van der Waals surface area contributed by atoms with Crippen LogP contribution in [0.3, 0.4) is 0 Å². The zero-order valence-electron chi connectivity index (χ0n) is 15.4. The predicted octanol–water partition coefficient (Wildman–Crippen LogP) is 5.20. The molecule has 2 heterocycles. The number of hydrogen-bond acceptors (Lipinski definition) is 3. The second kappa shape index (κ2) is 7.16. The second-order valence-electron chi connectivity index (χ2n) is 7.55. The van der Waals surface area contributed by atoms with E-state index in [2.05, 4.69) is 10.3 Å². The van der Waals surface area contributed by atoms with Crippen LogP contribution in [0.5, 0.6) is 0 Å². The Kier molecular flexibility index (Phi) is 4.93. The van der Waals surface area contributed by atoms with E-state index in [1.165, 1.54) is 19.1 Å². The average molecular weight is 428 g/mol. The van der Waals surface area contributed by atoms with Crippen LogP contribution in [0, 0.1) is 18.7 Å². The second-order valence-corrected chi connectivity index (χ2v) is 7.96. The number of carbonyl (C=O) groups is 1. The normalized spacial score (nSPS) is 23.5. The standard InChI is InChI=1S/C20H18ClF4N3O/c1-10-6-12(20(23,24)25)8-17(26-10)28-14-4-2-11(7-14)18(28)19(29)27-13-3-5-16(22)15(21)9-13/h3,5-6,8-9,11,14,18H,2,4,7H2,1H3,(H,27,29)/t11-,14+,18-/m0/s1. The van der Waals surface area contributed by atoms with Crippen LogP contribution in [0.1, 0.15) is 30.5 Å². The van der Waals surface area contributed by atoms with E-state index in [1.54, 1.807) is 4.90 Å². The number of pyridine rings is 1. The number of piperidine rings is 1. The zero-order chi connectivity index (χ0) is 20.9. The Hall–Kier alpha value is -2.35. The Morgan fingerprint density at radius 2 is 2.00 bits per heavy atom. The van der Waals surface area contributed by atoms with Crippen LogP contribution in [0.25, 0.3) is 0 Å². The molecule has 1 aliphatic carbocycles. The molecular formula is C20H18ClF4N3O. The first-order valence-corrected chi connectivity index (χ1v) is 9.61. The van der Waals surface area contributed by atoms with Crippen LogP contribution in [0.15, 0.2) is 30.3 Å². The van der Waals surface area contributed by atoms with E-state index in [0.717, 1.165) is 37.5 Å². The van der Waals surface area contributed by atoms with Crippen LogP contribution in [0.2, 0.25) is 5.02 Å².